The van der Waals surface area contributed by atoms with Crippen molar-refractivity contribution in [2.45, 2.75) is 64.8 Å². The highest BCUT2D eigenvalue weighted by atomic mass is 16.5. The molecular formula is C34H43N7O3. The number of aryl methyl sites for hydroxylation is 2. The number of nitrogens with zero attached hydrogens (tertiary/aromatic N) is 5. The summed E-state index contributed by atoms with van der Waals surface area (Å²) < 4.78 is 15.8. The Morgan fingerprint density at radius 2 is 1.89 bits per heavy atom. The summed E-state index contributed by atoms with van der Waals surface area (Å²) in [5, 5.41) is 11.2. The number of nitrogens with one attached hydrogen (secondary N) is 2. The van der Waals surface area contributed by atoms with Crippen LogP contribution in [0.4, 0.5) is 11.6 Å². The molecule has 1 saturated heterocycles. The molecule has 1 amide bonds. The van der Waals surface area contributed by atoms with Crippen LogP contribution < -0.4 is 15.4 Å². The number of fused-ring (bicyclic) bond motifs is 7. The molecule has 2 aliphatic heterocycles. The van der Waals surface area contributed by atoms with Crippen molar-refractivity contribution in [2.75, 3.05) is 37.0 Å². The lowest BCUT2D eigenvalue weighted by atomic mass is 9.95. The fraction of sp³-hybridized carbons (Fsp3) is 0.529. The van der Waals surface area contributed by atoms with Gasteiger partial charge in [-0.25, -0.2) is 9.67 Å². The van der Waals surface area contributed by atoms with Crippen LogP contribution >= 0.6 is 0 Å². The van der Waals surface area contributed by atoms with Crippen molar-refractivity contribution >= 4 is 28.6 Å². The van der Waals surface area contributed by atoms with Gasteiger partial charge in [0, 0.05) is 50.3 Å². The van der Waals surface area contributed by atoms with Gasteiger partial charge < -0.3 is 19.4 Å². The first-order valence-electron chi connectivity index (χ1n) is 16.3. The van der Waals surface area contributed by atoms with E-state index in [9.17, 15) is 4.79 Å². The summed E-state index contributed by atoms with van der Waals surface area (Å²) in [5.74, 6) is 3.02. The molecule has 1 saturated carbocycles. The van der Waals surface area contributed by atoms with E-state index >= 15 is 0 Å². The Bertz CT molecular complexity index is 1630. The standard InChI is InChI=1S/C34H43N7O3/c1-22-17-26-18-29(37-22)28-20-36-40(2)33(28)44-14-4-6-25(24-7-8-24)21-41-31-10-9-27(19-30(31)38-34(41)39-32(26)42)35-13-3-5-23-11-15-43-16-12-23/h9-10,17-20,23-25,35H,3-8,11-16,21H2,1-2H3,(H,38,39,42). The second kappa shape index (κ2) is 12.6. The van der Waals surface area contributed by atoms with E-state index in [2.05, 4.69) is 38.5 Å². The summed E-state index contributed by atoms with van der Waals surface area (Å²) in [6.07, 6.45) is 11.0. The summed E-state index contributed by atoms with van der Waals surface area (Å²) in [5.41, 5.74) is 5.74. The highest BCUT2D eigenvalue weighted by Crippen LogP contribution is 2.41. The second-order valence-electron chi connectivity index (χ2n) is 12.8. The van der Waals surface area contributed by atoms with Gasteiger partial charge in [0.2, 0.25) is 11.8 Å². The first-order chi connectivity index (χ1) is 21.5. The molecule has 44 heavy (non-hydrogen) atoms. The molecule has 1 unspecified atom stereocenters. The van der Waals surface area contributed by atoms with Gasteiger partial charge in [0.25, 0.3) is 5.91 Å². The normalized spacial score (nSPS) is 19.8. The largest absolute Gasteiger partial charge is 0.477 e. The summed E-state index contributed by atoms with van der Waals surface area (Å²) in [6.45, 7) is 6.05. The minimum atomic E-state index is -0.205. The Kier molecular flexibility index (Phi) is 8.25. The lowest BCUT2D eigenvalue weighted by molar-refractivity contribution is 0.0636. The highest BCUT2D eigenvalue weighted by molar-refractivity contribution is 6.05. The van der Waals surface area contributed by atoms with Crippen LogP contribution in [-0.4, -0.2) is 56.6 Å². The predicted octanol–water partition coefficient (Wildman–Crippen LogP) is 6.21. The summed E-state index contributed by atoms with van der Waals surface area (Å²) >= 11 is 0. The van der Waals surface area contributed by atoms with Crippen molar-refractivity contribution in [1.29, 1.82) is 0 Å². The number of hydrogen-bond donors (Lipinski definition) is 2. The van der Waals surface area contributed by atoms with Gasteiger partial charge in [-0.1, -0.05) is 0 Å². The number of rotatable bonds is 6. The molecule has 232 valence electrons. The van der Waals surface area contributed by atoms with E-state index in [1.807, 2.05) is 26.1 Å². The predicted molar refractivity (Wildman–Crippen MR) is 171 cm³/mol. The van der Waals surface area contributed by atoms with Crippen molar-refractivity contribution in [1.82, 2.24) is 24.3 Å². The maximum absolute atomic E-state index is 13.8. The molecule has 2 N–H and O–H groups in total. The molecule has 3 aliphatic rings. The van der Waals surface area contributed by atoms with Gasteiger partial charge in [0.1, 0.15) is 0 Å². The Morgan fingerprint density at radius 1 is 1.02 bits per heavy atom. The molecule has 0 radical (unpaired) electrons. The number of aromatic nitrogens is 5. The maximum atomic E-state index is 13.8. The monoisotopic (exact) mass is 597 g/mol. The lowest BCUT2D eigenvalue weighted by Gasteiger charge is -2.21. The SMILES string of the molecule is Cc1cc2cc(n1)-c1cnn(C)c1OCCCC(C1CC1)Cn1c(nc3cc(NCCCC4CCOCC4)ccc31)NC2=O. The number of imidazole rings is 1. The molecule has 0 spiro atoms. The molecule has 7 rings (SSSR count). The minimum Gasteiger partial charge on any atom is -0.477 e. The fourth-order valence-corrected chi connectivity index (χ4v) is 6.86. The van der Waals surface area contributed by atoms with Gasteiger partial charge in [-0.15, -0.1) is 0 Å². The second-order valence-corrected chi connectivity index (χ2v) is 12.8. The van der Waals surface area contributed by atoms with Crippen molar-refractivity contribution in [2.24, 2.45) is 24.8 Å². The smallest absolute Gasteiger partial charge is 0.258 e. The molecule has 1 aliphatic carbocycles. The van der Waals surface area contributed by atoms with E-state index in [-0.39, 0.29) is 5.91 Å². The number of benzene rings is 1. The molecule has 10 nitrogen and oxygen atoms in total. The van der Waals surface area contributed by atoms with Crippen LogP contribution in [0.25, 0.3) is 22.3 Å². The van der Waals surface area contributed by atoms with Crippen LogP contribution in [0.15, 0.2) is 36.5 Å². The zero-order valence-electron chi connectivity index (χ0n) is 25.8. The Morgan fingerprint density at radius 3 is 2.73 bits per heavy atom. The number of anilines is 2. The van der Waals surface area contributed by atoms with Gasteiger partial charge in [-0.05, 0) is 106 Å². The summed E-state index contributed by atoms with van der Waals surface area (Å²) in [7, 11) is 1.88. The van der Waals surface area contributed by atoms with Crippen LogP contribution in [0.5, 0.6) is 5.88 Å². The topological polar surface area (TPSA) is 108 Å². The van der Waals surface area contributed by atoms with Gasteiger partial charge >= 0.3 is 0 Å². The Labute approximate surface area is 258 Å². The van der Waals surface area contributed by atoms with Crippen LogP contribution in [0.1, 0.15) is 67.4 Å². The molecule has 2 fully saturated rings. The zero-order chi connectivity index (χ0) is 30.0. The van der Waals surface area contributed by atoms with E-state index in [0.29, 0.717) is 41.5 Å². The molecule has 1 aromatic carbocycles. The molecular weight excluding hydrogens is 554 g/mol. The van der Waals surface area contributed by atoms with Crippen molar-refractivity contribution < 1.29 is 14.3 Å². The number of carbonyl (C=O) groups is 1. The van der Waals surface area contributed by atoms with Crippen molar-refractivity contribution in [3.05, 3.63) is 47.8 Å². The zero-order valence-corrected chi connectivity index (χ0v) is 25.8. The number of carbonyl (C=O) groups excluding carboxylic acids is 1. The van der Waals surface area contributed by atoms with E-state index in [0.717, 1.165) is 79.5 Å². The lowest BCUT2D eigenvalue weighted by Crippen LogP contribution is -2.20. The average molecular weight is 598 g/mol. The highest BCUT2D eigenvalue weighted by Gasteiger charge is 2.32. The summed E-state index contributed by atoms with van der Waals surface area (Å²) in [6, 6.07) is 10.0. The van der Waals surface area contributed by atoms with Gasteiger partial charge in [0.15, 0.2) is 0 Å². The van der Waals surface area contributed by atoms with Crippen LogP contribution in [0.3, 0.4) is 0 Å². The van der Waals surface area contributed by atoms with E-state index in [1.165, 1.54) is 32.1 Å². The molecule has 3 aromatic heterocycles. The Hall–Kier alpha value is -3.92. The summed E-state index contributed by atoms with van der Waals surface area (Å²) in [4.78, 5) is 23.5. The van der Waals surface area contributed by atoms with Crippen LogP contribution in [0.2, 0.25) is 0 Å². The minimum absolute atomic E-state index is 0.205. The first kappa shape index (κ1) is 28.8. The van der Waals surface area contributed by atoms with Crippen LogP contribution in [0, 0.1) is 24.7 Å². The molecule has 4 aromatic rings. The van der Waals surface area contributed by atoms with Gasteiger partial charge in [-0.3, -0.25) is 15.1 Å². The first-order valence-corrected chi connectivity index (χ1v) is 16.3. The number of pyridine rings is 1. The van der Waals surface area contributed by atoms with Gasteiger partial charge in [0.05, 0.1) is 35.1 Å². The average Bonchev–Trinajstić information content (AvgIpc) is 3.73. The molecule has 10 heteroatoms. The fourth-order valence-electron chi connectivity index (χ4n) is 6.86. The quantitative estimate of drug-likeness (QED) is 0.255. The third kappa shape index (κ3) is 6.31. The third-order valence-corrected chi connectivity index (χ3v) is 9.47. The van der Waals surface area contributed by atoms with E-state index in [1.54, 1.807) is 10.9 Å². The van der Waals surface area contributed by atoms with Gasteiger partial charge in [-0.2, -0.15) is 5.10 Å². The number of amides is 1. The molecule has 1 atom stereocenters. The number of ether oxygens (including phenoxy) is 2. The number of hydrogen-bond acceptors (Lipinski definition) is 7. The molecule has 5 heterocycles. The Balaban J connectivity index is 1.17. The maximum Gasteiger partial charge on any atom is 0.258 e. The van der Waals surface area contributed by atoms with Crippen molar-refractivity contribution in [3.8, 4) is 17.1 Å². The third-order valence-electron chi connectivity index (χ3n) is 9.47. The van der Waals surface area contributed by atoms with Crippen molar-refractivity contribution in [3.63, 3.8) is 0 Å². The van der Waals surface area contributed by atoms with E-state index < -0.39 is 0 Å². The van der Waals surface area contributed by atoms with Crippen LogP contribution in [-0.2, 0) is 18.3 Å². The molecule has 2 bridgehead atoms. The van der Waals surface area contributed by atoms with E-state index in [4.69, 9.17) is 19.4 Å².